The van der Waals surface area contributed by atoms with Gasteiger partial charge in [0, 0.05) is 0 Å². The zero-order chi connectivity index (χ0) is 31.7. The Morgan fingerprint density at radius 2 is 0.886 bits per heavy atom. The standard InChI is InChI=1S/2C19H19.C2H7Si.2ClH.Zr/c2*1-19(2,3)16-12-15-10-7-11-17(18(15)13-16)14-8-5-4-6-9-14;1-3-2;;;/h2*4-13H,1-3H3;3H,1-2H3;2*1H;/q;;;;;+2/p-2. The fourth-order valence-electron chi connectivity index (χ4n) is 7.86. The summed E-state index contributed by atoms with van der Waals surface area (Å²) in [5.74, 6) is -1.68. The van der Waals surface area contributed by atoms with E-state index in [9.17, 15) is 0 Å². The van der Waals surface area contributed by atoms with E-state index in [0.717, 1.165) is 0 Å². The second kappa shape index (κ2) is 11.1. The van der Waals surface area contributed by atoms with Gasteiger partial charge < -0.3 is 0 Å². The van der Waals surface area contributed by atoms with Gasteiger partial charge in [-0.2, -0.15) is 0 Å². The Bertz CT molecular complexity index is 1660. The number of halogens is 2. The van der Waals surface area contributed by atoms with Crippen LogP contribution in [0.15, 0.2) is 108 Å². The van der Waals surface area contributed by atoms with Gasteiger partial charge >= 0.3 is 276 Å². The quantitative estimate of drug-likeness (QED) is 0.181. The predicted octanol–water partition coefficient (Wildman–Crippen LogP) is 12.7. The summed E-state index contributed by atoms with van der Waals surface area (Å²) in [5.41, 5.74) is 13.0. The topological polar surface area (TPSA) is 0 Å². The summed E-state index contributed by atoms with van der Waals surface area (Å²) in [6, 6.07) is 35.3. The number of rotatable bonds is 5. The van der Waals surface area contributed by atoms with Crippen molar-refractivity contribution in [3.63, 3.8) is 0 Å². The molecule has 2 unspecified atom stereocenters. The van der Waals surface area contributed by atoms with Crippen LogP contribution in [0.3, 0.4) is 0 Å². The molecule has 0 saturated heterocycles. The van der Waals surface area contributed by atoms with E-state index in [2.05, 4.69) is 164 Å². The molecule has 2 aliphatic carbocycles. The van der Waals surface area contributed by atoms with Gasteiger partial charge in [0.25, 0.3) is 0 Å². The van der Waals surface area contributed by atoms with Crippen molar-refractivity contribution in [1.82, 2.24) is 0 Å². The number of fused-ring (bicyclic) bond motifs is 2. The molecule has 0 nitrogen and oxygen atoms in total. The van der Waals surface area contributed by atoms with E-state index in [1.165, 1.54) is 55.7 Å². The van der Waals surface area contributed by atoms with Crippen molar-refractivity contribution in [1.29, 1.82) is 0 Å². The molecule has 227 valence electrons. The second-order valence-electron chi connectivity index (χ2n) is 15.3. The van der Waals surface area contributed by atoms with Crippen LogP contribution in [0.1, 0.15) is 71.0 Å². The Labute approximate surface area is 274 Å². The minimum absolute atomic E-state index is 0.0483. The maximum absolute atomic E-state index is 8.75. The molecule has 0 aromatic heterocycles. The van der Waals surface area contributed by atoms with E-state index < -0.39 is 21.5 Å². The molecule has 0 bridgehead atoms. The monoisotopic (exact) mass is 713 g/mol. The summed E-state index contributed by atoms with van der Waals surface area (Å²) in [5, 5.41) is 0. The Morgan fingerprint density at radius 1 is 0.523 bits per heavy atom. The molecule has 0 saturated carbocycles. The van der Waals surface area contributed by atoms with Gasteiger partial charge in [-0.05, 0) is 0 Å². The van der Waals surface area contributed by atoms with Gasteiger partial charge in [-0.25, -0.2) is 0 Å². The van der Waals surface area contributed by atoms with Crippen molar-refractivity contribution in [2.75, 3.05) is 0 Å². The van der Waals surface area contributed by atoms with Crippen molar-refractivity contribution in [2.45, 2.75) is 61.9 Å². The summed E-state index contributed by atoms with van der Waals surface area (Å²) in [6.45, 7) is 19.0. The molecule has 0 heterocycles. The van der Waals surface area contributed by atoms with Gasteiger partial charge in [-0.15, -0.1) is 0 Å². The summed E-state index contributed by atoms with van der Waals surface area (Å²) in [6.07, 6.45) is 4.96. The molecule has 4 aromatic carbocycles. The molecular weight excluding hydrogens is 671 g/mol. The molecule has 2 aliphatic rings. The molecule has 0 fully saturated rings. The van der Waals surface area contributed by atoms with Crippen LogP contribution in [-0.4, -0.2) is 5.92 Å². The van der Waals surface area contributed by atoms with Crippen LogP contribution in [0.25, 0.3) is 34.4 Å². The van der Waals surface area contributed by atoms with Crippen molar-refractivity contribution in [2.24, 2.45) is 10.8 Å². The zero-order valence-electron chi connectivity index (χ0n) is 27.4. The molecular formula is C40H45Cl2SiZr. The first-order valence-electron chi connectivity index (χ1n) is 16.0. The van der Waals surface area contributed by atoms with Crippen LogP contribution < -0.4 is 0 Å². The van der Waals surface area contributed by atoms with E-state index in [0.29, 0.717) is 0 Å². The Balaban J connectivity index is 1.67. The van der Waals surface area contributed by atoms with Gasteiger partial charge in [0.2, 0.25) is 0 Å². The van der Waals surface area contributed by atoms with E-state index in [1.54, 1.807) is 0 Å². The number of hydrogen-bond donors (Lipinski definition) is 0. The molecule has 4 aromatic rings. The summed E-state index contributed by atoms with van der Waals surface area (Å²) < 4.78 is 0.0966. The Kier molecular flexibility index (Phi) is 8.06. The molecule has 0 spiro atoms. The first-order chi connectivity index (χ1) is 20.6. The third-order valence-electron chi connectivity index (χ3n) is 10.2. The summed E-state index contributed by atoms with van der Waals surface area (Å²) in [4.78, 5) is 0. The van der Waals surface area contributed by atoms with Gasteiger partial charge in [-0.1, -0.05) is 0 Å². The van der Waals surface area contributed by atoms with E-state index >= 15 is 0 Å². The average molecular weight is 716 g/mol. The fourth-order valence-corrected chi connectivity index (χ4v) is 39.3. The van der Waals surface area contributed by atoms with E-state index in [-0.39, 0.29) is 18.1 Å². The van der Waals surface area contributed by atoms with E-state index in [1.807, 2.05) is 0 Å². The maximum atomic E-state index is 8.75. The Hall–Kier alpha value is -1.96. The third kappa shape index (κ3) is 5.04. The summed E-state index contributed by atoms with van der Waals surface area (Å²) in [7, 11) is 17.5. The molecule has 0 amide bonds. The molecule has 0 aliphatic heterocycles. The average Bonchev–Trinajstić information content (AvgIpc) is 3.59. The van der Waals surface area contributed by atoms with Crippen molar-refractivity contribution < 1.29 is 15.6 Å². The minimum atomic E-state index is -4.94. The fraction of sp³-hybridized carbons (Fsp3) is 0.300. The molecule has 0 radical (unpaired) electrons. The third-order valence-corrected chi connectivity index (χ3v) is 61.8. The molecule has 2 atom stereocenters. The van der Waals surface area contributed by atoms with Crippen LogP contribution in [0.4, 0.5) is 0 Å². The Morgan fingerprint density at radius 3 is 1.20 bits per heavy atom. The summed E-state index contributed by atoms with van der Waals surface area (Å²) >= 11 is -4.94. The normalized spacial score (nSPS) is 19.2. The van der Waals surface area contributed by atoms with E-state index in [4.69, 9.17) is 17.0 Å². The van der Waals surface area contributed by atoms with Crippen LogP contribution in [0.2, 0.25) is 13.1 Å². The van der Waals surface area contributed by atoms with Crippen molar-refractivity contribution >= 4 is 35.1 Å². The van der Waals surface area contributed by atoms with Crippen LogP contribution in [-0.2, 0) is 15.6 Å². The zero-order valence-corrected chi connectivity index (χ0v) is 32.5. The second-order valence-corrected chi connectivity index (χ2v) is 57.8. The van der Waals surface area contributed by atoms with Gasteiger partial charge in [-0.3, -0.25) is 0 Å². The van der Waals surface area contributed by atoms with Gasteiger partial charge in [0.1, 0.15) is 0 Å². The SMILES string of the molecule is C[SiH](C)[Zr]([Cl])([Cl])([CH]1C(C(C)(C)C)=Cc2c(-c3ccccc3)cccc21)[CH]1C(C(C)(C)C)=Cc2c(-c3ccccc3)cccc21. The molecule has 4 heteroatoms. The molecule has 0 N–H and O–H groups in total. The predicted molar refractivity (Wildman–Crippen MR) is 195 cm³/mol. The molecule has 44 heavy (non-hydrogen) atoms. The van der Waals surface area contributed by atoms with Crippen molar-refractivity contribution in [3.8, 4) is 22.3 Å². The number of allylic oxidation sites excluding steroid dienone is 2. The number of benzene rings is 4. The van der Waals surface area contributed by atoms with Crippen LogP contribution in [0.5, 0.6) is 0 Å². The first kappa shape index (κ1) is 32.0. The first-order valence-corrected chi connectivity index (χ1v) is 32.3. The van der Waals surface area contributed by atoms with Crippen LogP contribution in [0, 0.1) is 10.8 Å². The van der Waals surface area contributed by atoms with Gasteiger partial charge in [0.05, 0.1) is 0 Å². The van der Waals surface area contributed by atoms with Gasteiger partial charge in [0.15, 0.2) is 0 Å². The molecule has 6 rings (SSSR count). The van der Waals surface area contributed by atoms with Crippen LogP contribution >= 0.6 is 17.0 Å². The number of hydrogen-bond acceptors (Lipinski definition) is 0. The van der Waals surface area contributed by atoms with Crippen molar-refractivity contribution in [3.05, 3.63) is 130 Å².